The zero-order chi connectivity index (χ0) is 38.9. The summed E-state index contributed by atoms with van der Waals surface area (Å²) in [5, 5.41) is 9.34. The standard InChI is InChI=1S/C36H37F5N4O8/c1-36(2,3)53-34(49)42-15-9-8-14-24(45-35(50)51-18-23-21-12-6-4-10-19(21)20-11-5-7-13-22(20)23)33(48)44-16-25(46)43-17-26(47)52-32-30(40)28(38)27(37)29(39)31(32)41/h4-7,10-13,23-24H,8-9,14-18H2,1-3H3,(H,42,49)(H,43,46)(H,44,48)(H,45,50)/t24-/m0/s1. The molecular weight excluding hydrogens is 711 g/mol. The van der Waals surface area contributed by atoms with Crippen molar-refractivity contribution in [1.82, 2.24) is 21.3 Å². The number of unbranched alkanes of at least 4 members (excludes halogenated alkanes) is 1. The van der Waals surface area contributed by atoms with Crippen LogP contribution in [-0.2, 0) is 23.9 Å². The molecule has 0 aromatic heterocycles. The molecule has 1 atom stereocenters. The van der Waals surface area contributed by atoms with Crippen molar-refractivity contribution in [2.75, 3.05) is 26.2 Å². The maximum absolute atomic E-state index is 13.8. The number of hydrogen-bond donors (Lipinski definition) is 4. The van der Waals surface area contributed by atoms with E-state index >= 15 is 0 Å². The van der Waals surface area contributed by atoms with E-state index in [0.717, 1.165) is 22.3 Å². The molecule has 0 heterocycles. The molecule has 4 N–H and O–H groups in total. The second-order valence-corrected chi connectivity index (χ2v) is 12.8. The van der Waals surface area contributed by atoms with E-state index < -0.39 is 89.5 Å². The lowest BCUT2D eigenvalue weighted by molar-refractivity contribution is -0.136. The number of halogens is 5. The minimum atomic E-state index is -2.45. The number of nitrogens with one attached hydrogen (secondary N) is 4. The molecule has 0 unspecified atom stereocenters. The first kappa shape index (κ1) is 40.0. The predicted octanol–water partition coefficient (Wildman–Crippen LogP) is 5.12. The van der Waals surface area contributed by atoms with E-state index in [4.69, 9.17) is 9.47 Å². The summed E-state index contributed by atoms with van der Waals surface area (Å²) in [6.45, 7) is 3.44. The van der Waals surface area contributed by atoms with Crippen LogP contribution in [0, 0.1) is 29.1 Å². The summed E-state index contributed by atoms with van der Waals surface area (Å²) >= 11 is 0. The van der Waals surface area contributed by atoms with Crippen LogP contribution in [0.15, 0.2) is 48.5 Å². The number of fused-ring (bicyclic) bond motifs is 3. The third kappa shape index (κ3) is 10.6. The summed E-state index contributed by atoms with van der Waals surface area (Å²) in [6, 6.07) is 14.2. The van der Waals surface area contributed by atoms with Gasteiger partial charge in [0.2, 0.25) is 46.6 Å². The Kier molecular flexibility index (Phi) is 13.3. The van der Waals surface area contributed by atoms with Crippen molar-refractivity contribution in [3.8, 4) is 16.9 Å². The summed E-state index contributed by atoms with van der Waals surface area (Å²) in [7, 11) is 0. The van der Waals surface area contributed by atoms with Gasteiger partial charge in [-0.15, -0.1) is 0 Å². The quantitative estimate of drug-likeness (QED) is 0.0442. The van der Waals surface area contributed by atoms with Gasteiger partial charge in [-0.25, -0.2) is 27.6 Å². The van der Waals surface area contributed by atoms with E-state index in [9.17, 15) is 45.9 Å². The van der Waals surface area contributed by atoms with E-state index in [1.165, 1.54) is 0 Å². The van der Waals surface area contributed by atoms with Crippen molar-refractivity contribution in [2.24, 2.45) is 0 Å². The normalized spacial score (nSPS) is 12.5. The number of benzene rings is 3. The van der Waals surface area contributed by atoms with Gasteiger partial charge < -0.3 is 35.5 Å². The fourth-order valence-corrected chi connectivity index (χ4v) is 5.38. The van der Waals surface area contributed by atoms with Gasteiger partial charge in [-0.1, -0.05) is 48.5 Å². The van der Waals surface area contributed by atoms with Crippen molar-refractivity contribution in [3.63, 3.8) is 0 Å². The lowest BCUT2D eigenvalue weighted by Crippen LogP contribution is -2.49. The molecule has 4 rings (SSSR count). The minimum Gasteiger partial charge on any atom is -0.449 e. The first-order valence-electron chi connectivity index (χ1n) is 16.4. The number of esters is 1. The Labute approximate surface area is 300 Å². The van der Waals surface area contributed by atoms with E-state index in [2.05, 4.69) is 20.7 Å². The smallest absolute Gasteiger partial charge is 0.407 e. The number of carbonyl (C=O) groups is 5. The molecule has 3 aromatic rings. The fraction of sp³-hybridized carbons (Fsp3) is 0.361. The van der Waals surface area contributed by atoms with Crippen molar-refractivity contribution in [2.45, 2.75) is 57.6 Å². The van der Waals surface area contributed by atoms with Gasteiger partial charge in [-0.3, -0.25) is 9.59 Å². The summed E-state index contributed by atoms with van der Waals surface area (Å²) in [5.74, 6) is -17.4. The molecule has 4 amide bonds. The molecule has 17 heteroatoms. The third-order valence-corrected chi connectivity index (χ3v) is 7.78. The van der Waals surface area contributed by atoms with Crippen LogP contribution in [0.2, 0.25) is 0 Å². The van der Waals surface area contributed by atoms with Crippen molar-refractivity contribution >= 4 is 30.0 Å². The van der Waals surface area contributed by atoms with Gasteiger partial charge in [0.1, 0.15) is 24.8 Å². The molecule has 12 nitrogen and oxygen atoms in total. The monoisotopic (exact) mass is 748 g/mol. The molecule has 1 aliphatic rings. The van der Waals surface area contributed by atoms with E-state index in [0.29, 0.717) is 12.8 Å². The van der Waals surface area contributed by atoms with Gasteiger partial charge in [-0.05, 0) is 62.3 Å². The molecule has 0 bridgehead atoms. The fourth-order valence-electron chi connectivity index (χ4n) is 5.38. The average molecular weight is 749 g/mol. The van der Waals surface area contributed by atoms with Crippen LogP contribution in [0.25, 0.3) is 11.1 Å². The van der Waals surface area contributed by atoms with E-state index in [1.54, 1.807) is 20.8 Å². The van der Waals surface area contributed by atoms with Crippen molar-refractivity contribution < 1.29 is 60.1 Å². The Balaban J connectivity index is 1.32. The Morgan fingerprint density at radius 1 is 0.717 bits per heavy atom. The van der Waals surface area contributed by atoms with Gasteiger partial charge in [0, 0.05) is 12.5 Å². The van der Waals surface area contributed by atoms with Gasteiger partial charge >= 0.3 is 18.2 Å². The maximum atomic E-state index is 13.8. The molecular formula is C36H37F5N4O8. The van der Waals surface area contributed by atoms with Gasteiger partial charge in [-0.2, -0.15) is 8.78 Å². The van der Waals surface area contributed by atoms with Crippen LogP contribution in [0.4, 0.5) is 31.5 Å². The highest BCUT2D eigenvalue weighted by molar-refractivity contribution is 5.90. The van der Waals surface area contributed by atoms with Crippen LogP contribution < -0.4 is 26.0 Å². The molecule has 0 radical (unpaired) electrons. The largest absolute Gasteiger partial charge is 0.449 e. The summed E-state index contributed by atoms with van der Waals surface area (Å²) in [4.78, 5) is 62.4. The topological polar surface area (TPSA) is 161 Å². The van der Waals surface area contributed by atoms with E-state index in [-0.39, 0.29) is 25.5 Å². The lowest BCUT2D eigenvalue weighted by Gasteiger charge is -2.20. The zero-order valence-electron chi connectivity index (χ0n) is 28.9. The molecule has 0 aliphatic heterocycles. The SMILES string of the molecule is CC(C)(C)OC(=O)NCCCC[C@H](NC(=O)OCC1c2ccccc2-c2ccccc21)C(=O)NCC(=O)NCC(=O)Oc1c(F)c(F)c(F)c(F)c1F. The number of rotatable bonds is 14. The molecule has 0 spiro atoms. The number of carbonyl (C=O) groups excluding carboxylic acids is 5. The highest BCUT2D eigenvalue weighted by Crippen LogP contribution is 2.44. The molecule has 1 aliphatic carbocycles. The van der Waals surface area contributed by atoms with Crippen LogP contribution in [0.1, 0.15) is 57.1 Å². The molecule has 3 aromatic carbocycles. The van der Waals surface area contributed by atoms with Crippen LogP contribution in [0.3, 0.4) is 0 Å². The second kappa shape index (κ2) is 17.7. The molecule has 0 fully saturated rings. The first-order chi connectivity index (χ1) is 25.1. The van der Waals surface area contributed by atoms with Crippen LogP contribution in [-0.4, -0.2) is 67.9 Å². The van der Waals surface area contributed by atoms with Crippen molar-refractivity contribution in [3.05, 3.63) is 88.7 Å². The van der Waals surface area contributed by atoms with Crippen molar-refractivity contribution in [1.29, 1.82) is 0 Å². The summed E-state index contributed by atoms with van der Waals surface area (Å²) in [6.07, 6.45) is -0.819. The number of ether oxygens (including phenoxy) is 3. The predicted molar refractivity (Wildman–Crippen MR) is 178 cm³/mol. The second-order valence-electron chi connectivity index (χ2n) is 12.8. The van der Waals surface area contributed by atoms with E-state index in [1.807, 2.05) is 53.8 Å². The highest BCUT2D eigenvalue weighted by Gasteiger charge is 2.31. The van der Waals surface area contributed by atoms with Crippen LogP contribution in [0.5, 0.6) is 5.75 Å². The summed E-state index contributed by atoms with van der Waals surface area (Å²) < 4.78 is 82.6. The average Bonchev–Trinajstić information content (AvgIpc) is 3.44. The Morgan fingerprint density at radius 2 is 1.28 bits per heavy atom. The number of alkyl carbamates (subject to hydrolysis) is 2. The third-order valence-electron chi connectivity index (χ3n) is 7.78. The molecule has 0 saturated heterocycles. The maximum Gasteiger partial charge on any atom is 0.407 e. The lowest BCUT2D eigenvalue weighted by atomic mass is 9.98. The molecule has 284 valence electrons. The highest BCUT2D eigenvalue weighted by atomic mass is 19.2. The molecule has 0 saturated carbocycles. The van der Waals surface area contributed by atoms with Gasteiger partial charge in [0.05, 0.1) is 6.54 Å². The Morgan fingerprint density at radius 3 is 1.87 bits per heavy atom. The molecule has 53 heavy (non-hydrogen) atoms. The van der Waals surface area contributed by atoms with Gasteiger partial charge in [0.25, 0.3) is 0 Å². The number of hydrogen-bond acceptors (Lipinski definition) is 8. The minimum absolute atomic E-state index is 0.0435. The van der Waals surface area contributed by atoms with Crippen LogP contribution >= 0.6 is 0 Å². The number of amides is 4. The Bertz CT molecular complexity index is 1800. The first-order valence-corrected chi connectivity index (χ1v) is 16.4. The summed E-state index contributed by atoms with van der Waals surface area (Å²) in [5.41, 5.74) is 3.26. The zero-order valence-corrected chi connectivity index (χ0v) is 28.9. The Hall–Kier alpha value is -5.74. The van der Waals surface area contributed by atoms with Gasteiger partial charge in [0.15, 0.2) is 0 Å².